The number of hydrogen-bond acceptors (Lipinski definition) is 3. The van der Waals surface area contributed by atoms with E-state index in [4.69, 9.17) is 4.74 Å². The number of ether oxygens (including phenoxy) is 1. The Labute approximate surface area is 96.7 Å². The average Bonchev–Trinajstić information content (AvgIpc) is 2.51. The van der Waals surface area contributed by atoms with E-state index in [2.05, 4.69) is 44.5 Å². The molecule has 1 rings (SSSR count). The van der Waals surface area contributed by atoms with E-state index in [1.54, 1.807) is 11.3 Å². The van der Waals surface area contributed by atoms with Crippen molar-refractivity contribution in [2.45, 2.75) is 39.3 Å². The minimum atomic E-state index is -0.0693. The van der Waals surface area contributed by atoms with Gasteiger partial charge in [-0.15, -0.1) is 11.3 Å². The van der Waals surface area contributed by atoms with Crippen molar-refractivity contribution in [2.75, 3.05) is 13.7 Å². The predicted molar refractivity (Wildman–Crippen MR) is 66.6 cm³/mol. The molecule has 2 nitrogen and oxygen atoms in total. The Balaban J connectivity index is 2.57. The van der Waals surface area contributed by atoms with E-state index >= 15 is 0 Å². The van der Waals surface area contributed by atoms with Gasteiger partial charge in [-0.25, -0.2) is 0 Å². The summed E-state index contributed by atoms with van der Waals surface area (Å²) < 4.78 is 5.79. The van der Waals surface area contributed by atoms with Gasteiger partial charge in [-0.2, -0.15) is 0 Å². The van der Waals surface area contributed by atoms with Crippen molar-refractivity contribution >= 4 is 11.3 Å². The molecule has 0 bridgehead atoms. The molecule has 0 spiro atoms. The zero-order valence-corrected chi connectivity index (χ0v) is 11.1. The summed E-state index contributed by atoms with van der Waals surface area (Å²) in [4.78, 5) is 1.35. The number of thiophene rings is 1. The molecule has 0 saturated carbocycles. The van der Waals surface area contributed by atoms with E-state index in [1.165, 1.54) is 10.4 Å². The third kappa shape index (κ3) is 4.33. The zero-order chi connectivity index (χ0) is 11.5. The van der Waals surface area contributed by atoms with Gasteiger partial charge in [0, 0.05) is 4.88 Å². The van der Waals surface area contributed by atoms with Crippen molar-refractivity contribution in [1.29, 1.82) is 0 Å². The number of hydrogen-bond donors (Lipinski definition) is 1. The second kappa shape index (κ2) is 5.10. The van der Waals surface area contributed by atoms with Crippen molar-refractivity contribution in [3.05, 3.63) is 21.9 Å². The molecule has 0 aliphatic rings. The van der Waals surface area contributed by atoms with E-state index in [9.17, 15) is 0 Å². The van der Waals surface area contributed by atoms with Crippen LogP contribution in [0, 0.1) is 6.92 Å². The molecule has 0 aliphatic heterocycles. The molecule has 15 heavy (non-hydrogen) atoms. The molecule has 0 saturated heterocycles. The predicted octanol–water partition coefficient (Wildman–Crippen LogP) is 3.13. The highest BCUT2D eigenvalue weighted by atomic mass is 32.1. The fourth-order valence-corrected chi connectivity index (χ4v) is 2.08. The van der Waals surface area contributed by atoms with Crippen molar-refractivity contribution in [3.8, 4) is 0 Å². The first kappa shape index (κ1) is 12.7. The summed E-state index contributed by atoms with van der Waals surface area (Å²) in [7, 11) is 1.98. The van der Waals surface area contributed by atoms with Gasteiger partial charge in [0.25, 0.3) is 0 Å². The Bertz CT molecular complexity index is 301. The van der Waals surface area contributed by atoms with Crippen LogP contribution in [0.4, 0.5) is 0 Å². The van der Waals surface area contributed by atoms with Gasteiger partial charge in [-0.05, 0) is 51.8 Å². The molecule has 1 atom stereocenters. The van der Waals surface area contributed by atoms with Crippen LogP contribution in [-0.4, -0.2) is 19.3 Å². The molecule has 1 N–H and O–H groups in total. The Kier molecular flexibility index (Phi) is 4.32. The summed E-state index contributed by atoms with van der Waals surface area (Å²) in [6.07, 6.45) is 0. The lowest BCUT2D eigenvalue weighted by Gasteiger charge is -2.23. The molecule has 1 aromatic rings. The summed E-state index contributed by atoms with van der Waals surface area (Å²) in [5, 5.41) is 5.48. The molecular formula is C12H21NOS. The van der Waals surface area contributed by atoms with Crippen LogP contribution in [0.1, 0.15) is 37.3 Å². The summed E-state index contributed by atoms with van der Waals surface area (Å²) in [6, 6.07) is 2.52. The van der Waals surface area contributed by atoms with Crippen molar-refractivity contribution in [1.82, 2.24) is 5.32 Å². The summed E-state index contributed by atoms with van der Waals surface area (Å²) in [6.45, 7) is 9.09. The van der Waals surface area contributed by atoms with Crippen molar-refractivity contribution in [2.24, 2.45) is 0 Å². The van der Waals surface area contributed by atoms with E-state index in [-0.39, 0.29) is 5.60 Å². The van der Waals surface area contributed by atoms with Gasteiger partial charge in [-0.1, -0.05) is 0 Å². The van der Waals surface area contributed by atoms with Crippen LogP contribution >= 0.6 is 11.3 Å². The summed E-state index contributed by atoms with van der Waals surface area (Å²) >= 11 is 1.79. The lowest BCUT2D eigenvalue weighted by Crippen LogP contribution is -2.28. The standard InChI is InChI=1S/C12H21NOS/c1-9-6-10(8-15-9)11(13-5)7-14-12(2,3)4/h6,8,11,13H,7H2,1-5H3. The molecule has 86 valence electrons. The van der Waals surface area contributed by atoms with Crippen LogP contribution in [0.3, 0.4) is 0 Å². The van der Waals surface area contributed by atoms with Gasteiger partial charge in [0.05, 0.1) is 18.2 Å². The number of nitrogens with one attached hydrogen (secondary N) is 1. The molecule has 0 aliphatic carbocycles. The maximum absolute atomic E-state index is 5.79. The van der Waals surface area contributed by atoms with Crippen LogP contribution in [-0.2, 0) is 4.74 Å². The fourth-order valence-electron chi connectivity index (χ4n) is 1.33. The normalized spacial score (nSPS) is 14.2. The SMILES string of the molecule is CNC(COC(C)(C)C)c1csc(C)c1. The first-order chi connectivity index (χ1) is 6.92. The Morgan fingerprint density at radius 1 is 1.47 bits per heavy atom. The monoisotopic (exact) mass is 227 g/mol. The van der Waals surface area contributed by atoms with Gasteiger partial charge in [0.1, 0.15) is 0 Å². The maximum Gasteiger partial charge on any atom is 0.0668 e. The van der Waals surface area contributed by atoms with E-state index < -0.39 is 0 Å². The Morgan fingerprint density at radius 3 is 2.53 bits per heavy atom. The Morgan fingerprint density at radius 2 is 2.13 bits per heavy atom. The lowest BCUT2D eigenvalue weighted by molar-refractivity contribution is -0.0138. The molecule has 1 aromatic heterocycles. The van der Waals surface area contributed by atoms with Crippen LogP contribution in [0.5, 0.6) is 0 Å². The molecule has 1 unspecified atom stereocenters. The second-order valence-electron chi connectivity index (χ2n) is 4.76. The molecule has 3 heteroatoms. The highest BCUT2D eigenvalue weighted by Crippen LogP contribution is 2.21. The molecule has 0 aromatic carbocycles. The third-order valence-electron chi connectivity index (χ3n) is 2.18. The van der Waals surface area contributed by atoms with Crippen LogP contribution in [0.25, 0.3) is 0 Å². The first-order valence-corrected chi connectivity index (χ1v) is 6.16. The first-order valence-electron chi connectivity index (χ1n) is 5.28. The molecule has 1 heterocycles. The lowest BCUT2D eigenvalue weighted by atomic mass is 10.1. The van der Waals surface area contributed by atoms with Crippen molar-refractivity contribution in [3.63, 3.8) is 0 Å². The van der Waals surface area contributed by atoms with Crippen molar-refractivity contribution < 1.29 is 4.74 Å². The molecule has 0 fully saturated rings. The average molecular weight is 227 g/mol. The van der Waals surface area contributed by atoms with Gasteiger partial charge >= 0.3 is 0 Å². The van der Waals surface area contributed by atoms with Crippen LogP contribution < -0.4 is 5.32 Å². The summed E-state index contributed by atoms with van der Waals surface area (Å²) in [5.41, 5.74) is 1.25. The maximum atomic E-state index is 5.79. The van der Waals surface area contributed by atoms with Crippen LogP contribution in [0.15, 0.2) is 11.4 Å². The molecular weight excluding hydrogens is 206 g/mol. The highest BCUT2D eigenvalue weighted by molar-refractivity contribution is 7.10. The van der Waals surface area contributed by atoms with Gasteiger partial charge in [-0.3, -0.25) is 0 Å². The van der Waals surface area contributed by atoms with Gasteiger partial charge < -0.3 is 10.1 Å². The fraction of sp³-hybridized carbons (Fsp3) is 0.667. The van der Waals surface area contributed by atoms with Gasteiger partial charge in [0.2, 0.25) is 0 Å². The largest absolute Gasteiger partial charge is 0.374 e. The highest BCUT2D eigenvalue weighted by Gasteiger charge is 2.16. The molecule has 0 radical (unpaired) electrons. The number of rotatable bonds is 4. The minimum absolute atomic E-state index is 0.0693. The third-order valence-corrected chi connectivity index (χ3v) is 3.06. The number of likely N-dealkylation sites (N-methyl/N-ethyl adjacent to an activating group) is 1. The molecule has 0 amide bonds. The smallest absolute Gasteiger partial charge is 0.0668 e. The second-order valence-corrected chi connectivity index (χ2v) is 5.87. The van der Waals surface area contributed by atoms with E-state index in [0.717, 1.165) is 6.61 Å². The number of aryl methyl sites for hydroxylation is 1. The van der Waals surface area contributed by atoms with Crippen LogP contribution in [0.2, 0.25) is 0 Å². The topological polar surface area (TPSA) is 21.3 Å². The quantitative estimate of drug-likeness (QED) is 0.853. The summed E-state index contributed by atoms with van der Waals surface area (Å²) in [5.74, 6) is 0. The van der Waals surface area contributed by atoms with E-state index in [0.29, 0.717) is 6.04 Å². The minimum Gasteiger partial charge on any atom is -0.374 e. The van der Waals surface area contributed by atoms with E-state index in [1.807, 2.05) is 7.05 Å². The van der Waals surface area contributed by atoms with Gasteiger partial charge in [0.15, 0.2) is 0 Å². The Hall–Kier alpha value is -0.380. The zero-order valence-electron chi connectivity index (χ0n) is 10.3.